The van der Waals surface area contributed by atoms with Crippen LogP contribution in [0.25, 0.3) is 10.9 Å². The van der Waals surface area contributed by atoms with Crippen LogP contribution < -0.4 is 5.43 Å². The Kier molecular flexibility index (Phi) is 6.00. The maximum Gasteiger partial charge on any atom is 0.240 e. The maximum atomic E-state index is 11.6. The molecule has 0 aliphatic carbocycles. The summed E-state index contributed by atoms with van der Waals surface area (Å²) in [6.07, 6.45) is 9.87. The van der Waals surface area contributed by atoms with E-state index in [9.17, 15) is 4.79 Å². The number of carbonyl (C=O) groups excluding carboxylic acids is 1. The van der Waals surface area contributed by atoms with Crippen molar-refractivity contribution in [3.8, 4) is 0 Å². The zero-order chi connectivity index (χ0) is 14.9. The second-order valence-corrected chi connectivity index (χ2v) is 5.25. The number of hydrogen-bond donors (Lipinski definition) is 2. The molecule has 2 aromatic rings. The summed E-state index contributed by atoms with van der Waals surface area (Å²) in [5.41, 5.74) is 4.64. The van der Waals surface area contributed by atoms with Gasteiger partial charge in [0, 0.05) is 29.1 Å². The smallest absolute Gasteiger partial charge is 0.240 e. The first-order valence-electron chi connectivity index (χ1n) is 7.69. The molecule has 1 aromatic carbocycles. The van der Waals surface area contributed by atoms with Gasteiger partial charge in [0.05, 0.1) is 6.21 Å². The molecular formula is C17H23N3O. The lowest BCUT2D eigenvalue weighted by atomic mass is 10.1. The molecule has 4 nitrogen and oxygen atoms in total. The molecule has 0 saturated heterocycles. The first-order valence-corrected chi connectivity index (χ1v) is 7.69. The minimum atomic E-state index is -0.0115. The van der Waals surface area contributed by atoms with E-state index in [-0.39, 0.29) is 5.91 Å². The lowest BCUT2D eigenvalue weighted by Crippen LogP contribution is -2.16. The number of para-hydroxylation sites is 1. The monoisotopic (exact) mass is 285 g/mol. The Balaban J connectivity index is 1.76. The fourth-order valence-corrected chi connectivity index (χ4v) is 2.32. The quantitative estimate of drug-likeness (QED) is 0.430. The van der Waals surface area contributed by atoms with Gasteiger partial charge in [0.25, 0.3) is 0 Å². The van der Waals surface area contributed by atoms with Crippen LogP contribution in [0.1, 0.15) is 51.0 Å². The van der Waals surface area contributed by atoms with Gasteiger partial charge in [0.15, 0.2) is 0 Å². The third-order valence-electron chi connectivity index (χ3n) is 3.52. The Hall–Kier alpha value is -2.10. The van der Waals surface area contributed by atoms with E-state index in [2.05, 4.69) is 22.4 Å². The van der Waals surface area contributed by atoms with Crippen molar-refractivity contribution in [3.63, 3.8) is 0 Å². The highest BCUT2D eigenvalue weighted by atomic mass is 16.2. The highest BCUT2D eigenvalue weighted by molar-refractivity contribution is 5.99. The summed E-state index contributed by atoms with van der Waals surface area (Å²) in [6.45, 7) is 2.19. The second kappa shape index (κ2) is 8.25. The number of hydrazone groups is 1. The minimum Gasteiger partial charge on any atom is -0.361 e. The maximum absolute atomic E-state index is 11.6. The average Bonchev–Trinajstić information content (AvgIpc) is 2.91. The van der Waals surface area contributed by atoms with Gasteiger partial charge in [-0.3, -0.25) is 4.79 Å². The number of rotatable bonds is 8. The number of fused-ring (bicyclic) bond motifs is 1. The molecule has 0 fully saturated rings. The van der Waals surface area contributed by atoms with Crippen molar-refractivity contribution in [1.82, 2.24) is 10.4 Å². The molecule has 0 radical (unpaired) electrons. The molecule has 0 bridgehead atoms. The number of H-pyrrole nitrogens is 1. The average molecular weight is 285 g/mol. The van der Waals surface area contributed by atoms with Gasteiger partial charge in [-0.2, -0.15) is 5.10 Å². The van der Waals surface area contributed by atoms with Crippen LogP contribution in [0.2, 0.25) is 0 Å². The number of amides is 1. The molecule has 1 aromatic heterocycles. The molecule has 21 heavy (non-hydrogen) atoms. The normalized spacial score (nSPS) is 11.3. The summed E-state index contributed by atoms with van der Waals surface area (Å²) < 4.78 is 0. The molecule has 0 unspecified atom stereocenters. The highest BCUT2D eigenvalue weighted by Crippen LogP contribution is 2.15. The summed E-state index contributed by atoms with van der Waals surface area (Å²) in [5, 5.41) is 5.14. The first-order chi connectivity index (χ1) is 10.3. The number of aromatic amines is 1. The Morgan fingerprint density at radius 3 is 2.90 bits per heavy atom. The number of nitrogens with zero attached hydrogens (tertiary/aromatic N) is 1. The molecule has 0 aliphatic rings. The first kappa shape index (κ1) is 15.3. The van der Waals surface area contributed by atoms with Crippen molar-refractivity contribution in [2.24, 2.45) is 5.10 Å². The summed E-state index contributed by atoms with van der Waals surface area (Å²) in [5.74, 6) is -0.0115. The third kappa shape index (κ3) is 4.74. The molecule has 4 heteroatoms. The summed E-state index contributed by atoms with van der Waals surface area (Å²) in [7, 11) is 0. The van der Waals surface area contributed by atoms with E-state index >= 15 is 0 Å². The van der Waals surface area contributed by atoms with Crippen LogP contribution in [0, 0.1) is 0 Å². The molecule has 1 amide bonds. The molecule has 0 saturated carbocycles. The summed E-state index contributed by atoms with van der Waals surface area (Å²) in [4.78, 5) is 14.8. The molecule has 2 rings (SSSR count). The van der Waals surface area contributed by atoms with E-state index in [0.717, 1.165) is 29.3 Å². The third-order valence-corrected chi connectivity index (χ3v) is 3.52. The number of unbranched alkanes of at least 4 members (excludes halogenated alkanes) is 4. The van der Waals surface area contributed by atoms with Crippen molar-refractivity contribution >= 4 is 23.0 Å². The Morgan fingerprint density at radius 1 is 1.24 bits per heavy atom. The Bertz CT molecular complexity index is 601. The molecule has 0 spiro atoms. The largest absolute Gasteiger partial charge is 0.361 e. The van der Waals surface area contributed by atoms with E-state index in [1.807, 2.05) is 30.5 Å². The van der Waals surface area contributed by atoms with Crippen LogP contribution >= 0.6 is 0 Å². The zero-order valence-corrected chi connectivity index (χ0v) is 12.6. The predicted octanol–water partition coefficient (Wildman–Crippen LogP) is 3.98. The Morgan fingerprint density at radius 2 is 2.05 bits per heavy atom. The van der Waals surface area contributed by atoms with Gasteiger partial charge >= 0.3 is 0 Å². The standard InChI is InChI=1S/C17H23N3O/c1-2-3-4-5-6-11-17(21)20-19-13-14-12-18-16-10-8-7-9-15(14)16/h7-10,12-13,18H,2-6,11H2,1H3,(H,20,21)/b19-13-. The Labute approximate surface area is 125 Å². The van der Waals surface area contributed by atoms with Crippen molar-refractivity contribution in [1.29, 1.82) is 0 Å². The van der Waals surface area contributed by atoms with E-state index in [1.54, 1.807) is 6.21 Å². The van der Waals surface area contributed by atoms with Crippen molar-refractivity contribution in [2.45, 2.75) is 45.4 Å². The van der Waals surface area contributed by atoms with Gasteiger partial charge in [-0.1, -0.05) is 50.8 Å². The van der Waals surface area contributed by atoms with Crippen LogP contribution in [-0.2, 0) is 4.79 Å². The van der Waals surface area contributed by atoms with Crippen LogP contribution in [0.15, 0.2) is 35.6 Å². The van der Waals surface area contributed by atoms with Crippen molar-refractivity contribution < 1.29 is 4.79 Å². The predicted molar refractivity (Wildman–Crippen MR) is 87.4 cm³/mol. The fraction of sp³-hybridized carbons (Fsp3) is 0.412. The van der Waals surface area contributed by atoms with E-state index in [1.165, 1.54) is 19.3 Å². The van der Waals surface area contributed by atoms with Gasteiger partial charge < -0.3 is 4.98 Å². The van der Waals surface area contributed by atoms with Gasteiger partial charge in [-0.25, -0.2) is 5.43 Å². The second-order valence-electron chi connectivity index (χ2n) is 5.25. The van der Waals surface area contributed by atoms with Crippen LogP contribution in [0.3, 0.4) is 0 Å². The number of benzene rings is 1. The van der Waals surface area contributed by atoms with Crippen LogP contribution in [-0.4, -0.2) is 17.1 Å². The topological polar surface area (TPSA) is 57.2 Å². The molecular weight excluding hydrogens is 262 g/mol. The minimum absolute atomic E-state index is 0.0115. The van der Waals surface area contributed by atoms with E-state index < -0.39 is 0 Å². The zero-order valence-electron chi connectivity index (χ0n) is 12.6. The van der Waals surface area contributed by atoms with E-state index in [4.69, 9.17) is 0 Å². The number of hydrogen-bond acceptors (Lipinski definition) is 2. The SMILES string of the molecule is CCCCCCCC(=O)N/N=C\c1c[nH]c2ccccc12. The van der Waals surface area contributed by atoms with Crippen molar-refractivity contribution in [3.05, 3.63) is 36.0 Å². The molecule has 0 aliphatic heterocycles. The molecule has 0 atom stereocenters. The molecule has 1 heterocycles. The van der Waals surface area contributed by atoms with Gasteiger partial charge in [-0.15, -0.1) is 0 Å². The van der Waals surface area contributed by atoms with Crippen molar-refractivity contribution in [2.75, 3.05) is 0 Å². The lowest BCUT2D eigenvalue weighted by Gasteiger charge is -2.00. The molecule has 112 valence electrons. The van der Waals surface area contributed by atoms with Gasteiger partial charge in [0.2, 0.25) is 5.91 Å². The fourth-order valence-electron chi connectivity index (χ4n) is 2.32. The van der Waals surface area contributed by atoms with Crippen LogP contribution in [0.5, 0.6) is 0 Å². The van der Waals surface area contributed by atoms with E-state index in [0.29, 0.717) is 6.42 Å². The summed E-state index contributed by atoms with van der Waals surface area (Å²) >= 11 is 0. The number of nitrogens with one attached hydrogen (secondary N) is 2. The highest BCUT2D eigenvalue weighted by Gasteiger charge is 2.01. The lowest BCUT2D eigenvalue weighted by molar-refractivity contribution is -0.121. The molecule has 2 N–H and O–H groups in total. The van der Waals surface area contributed by atoms with Gasteiger partial charge in [-0.05, 0) is 12.5 Å². The van der Waals surface area contributed by atoms with Crippen LogP contribution in [0.4, 0.5) is 0 Å². The number of carbonyl (C=O) groups is 1. The summed E-state index contributed by atoms with van der Waals surface area (Å²) in [6, 6.07) is 8.02. The number of aromatic nitrogens is 1. The van der Waals surface area contributed by atoms with Gasteiger partial charge in [0.1, 0.15) is 0 Å².